The summed E-state index contributed by atoms with van der Waals surface area (Å²) in [5.74, 6) is -0.586. The fourth-order valence-electron chi connectivity index (χ4n) is 6.25. The number of amides is 2. The summed E-state index contributed by atoms with van der Waals surface area (Å²) in [5, 5.41) is 59.7. The third-order valence-corrected chi connectivity index (χ3v) is 8.91. The van der Waals surface area contributed by atoms with E-state index in [9.17, 15) is 40.2 Å². The molecule has 2 aliphatic heterocycles. The molecule has 4 aromatic heterocycles. The molecule has 2 amide bonds. The summed E-state index contributed by atoms with van der Waals surface area (Å²) < 4.78 is 13.8. The molecule has 20 nitrogen and oxygen atoms in total. The molecule has 0 unspecified atom stereocenters. The van der Waals surface area contributed by atoms with E-state index in [4.69, 9.17) is 32.4 Å². The lowest BCUT2D eigenvalue weighted by molar-refractivity contribution is -0.0509. The van der Waals surface area contributed by atoms with Crippen molar-refractivity contribution < 1.29 is 49.7 Å². The van der Waals surface area contributed by atoms with E-state index in [1.54, 1.807) is 12.1 Å². The summed E-state index contributed by atoms with van der Waals surface area (Å²) in [4.78, 5) is 40.9. The second kappa shape index (κ2) is 16.4. The van der Waals surface area contributed by atoms with Crippen LogP contribution in [0.3, 0.4) is 0 Å². The van der Waals surface area contributed by atoms with Crippen LogP contribution in [0.5, 0.6) is 0 Å². The van der Waals surface area contributed by atoms with Crippen LogP contribution in [-0.2, 0) is 15.9 Å². The zero-order chi connectivity index (χ0) is 39.6. The second-order valence-electron chi connectivity index (χ2n) is 12.2. The van der Waals surface area contributed by atoms with Gasteiger partial charge in [0.05, 0.1) is 35.1 Å². The van der Waals surface area contributed by atoms with Gasteiger partial charge < -0.3 is 72.2 Å². The van der Waals surface area contributed by atoms with Gasteiger partial charge in [-0.1, -0.05) is 51.1 Å². The highest BCUT2D eigenvalue weighted by Gasteiger charge is 2.45. The molecule has 7 rings (SSSR count). The quantitative estimate of drug-likeness (QED) is 0.0881. The lowest BCUT2D eigenvalue weighted by Gasteiger charge is -2.17. The number of carbonyl (C=O) groups excluding carboxylic acids is 2. The van der Waals surface area contributed by atoms with Crippen LogP contribution in [0, 0.1) is 0 Å². The Morgan fingerprint density at radius 3 is 1.56 bits per heavy atom. The lowest BCUT2D eigenvalue weighted by Crippen LogP contribution is -2.33. The van der Waals surface area contributed by atoms with Gasteiger partial charge in [-0.25, -0.2) is 19.9 Å². The summed E-state index contributed by atoms with van der Waals surface area (Å²) in [6.07, 6.45) is -6.13. The SMILES string of the molecule is CC.CCc1nc(N)c2c(C(N)=O)cn([C@@H]3O[C@H](CO)[C@@H](O)[C@H]3O)c2n1.NC(=O)c1cn([C@@H]2O[C@H](CO)[C@@H](O)[C@H]2O)c2nc(-c3ccccc3)nc(N)c12. The third kappa shape index (κ3) is 7.15. The Balaban J connectivity index is 0.000000201. The summed E-state index contributed by atoms with van der Waals surface area (Å²) in [6.45, 7) is 4.90. The summed E-state index contributed by atoms with van der Waals surface area (Å²) in [6, 6.07) is 9.08. The van der Waals surface area contributed by atoms with E-state index in [1.165, 1.54) is 21.5 Å². The average molecular weight is 753 g/mol. The largest absolute Gasteiger partial charge is 0.394 e. The number of ether oxygens (including phenoxy) is 2. The molecule has 5 aromatic rings. The lowest BCUT2D eigenvalue weighted by atomic mass is 10.1. The fraction of sp³-hybridized carbons (Fsp3) is 0.412. The van der Waals surface area contributed by atoms with Crippen LogP contribution >= 0.6 is 0 Å². The number of nitrogens with zero attached hydrogens (tertiary/aromatic N) is 6. The fourth-order valence-corrected chi connectivity index (χ4v) is 6.25. The first-order valence-corrected chi connectivity index (χ1v) is 17.1. The second-order valence-corrected chi connectivity index (χ2v) is 12.2. The van der Waals surface area contributed by atoms with Crippen LogP contribution in [0.1, 0.15) is 59.8 Å². The van der Waals surface area contributed by atoms with Gasteiger partial charge in [0, 0.05) is 24.4 Å². The predicted octanol–water partition coefficient (Wildman–Crippen LogP) is -1.30. The van der Waals surface area contributed by atoms with Gasteiger partial charge in [-0.15, -0.1) is 0 Å². The van der Waals surface area contributed by atoms with E-state index < -0.39 is 74.1 Å². The zero-order valence-corrected chi connectivity index (χ0v) is 29.6. The van der Waals surface area contributed by atoms with E-state index in [0.29, 0.717) is 23.6 Å². The van der Waals surface area contributed by atoms with Crippen molar-refractivity contribution in [1.82, 2.24) is 29.1 Å². The van der Waals surface area contributed by atoms with Gasteiger partial charge in [-0.2, -0.15) is 0 Å². The monoisotopic (exact) mass is 752 g/mol. The molecule has 0 spiro atoms. The van der Waals surface area contributed by atoms with E-state index >= 15 is 0 Å². The van der Waals surface area contributed by atoms with Gasteiger partial charge in [0.15, 0.2) is 18.3 Å². The number of nitrogen functional groups attached to an aromatic ring is 2. The van der Waals surface area contributed by atoms with Crippen LogP contribution < -0.4 is 22.9 Å². The van der Waals surface area contributed by atoms with Gasteiger partial charge in [-0.05, 0) is 0 Å². The van der Waals surface area contributed by atoms with Crippen LogP contribution in [0.15, 0.2) is 42.7 Å². The van der Waals surface area contributed by atoms with Crippen molar-refractivity contribution in [3.8, 4) is 11.4 Å². The Morgan fingerprint density at radius 2 is 1.15 bits per heavy atom. The number of benzene rings is 1. The maximum atomic E-state index is 11.9. The molecule has 0 saturated carbocycles. The molecule has 14 N–H and O–H groups in total. The van der Waals surface area contributed by atoms with Crippen molar-refractivity contribution in [2.24, 2.45) is 11.5 Å². The molecule has 2 fully saturated rings. The van der Waals surface area contributed by atoms with E-state index in [0.717, 1.165) is 0 Å². The smallest absolute Gasteiger partial charge is 0.251 e. The van der Waals surface area contributed by atoms with Crippen LogP contribution in [0.4, 0.5) is 11.6 Å². The molecule has 54 heavy (non-hydrogen) atoms. The Bertz CT molecular complexity index is 2130. The van der Waals surface area contributed by atoms with Crippen molar-refractivity contribution in [2.45, 2.75) is 76.3 Å². The normalized spacial score (nSPS) is 24.9. The summed E-state index contributed by atoms with van der Waals surface area (Å²) in [7, 11) is 0. The Kier molecular flexibility index (Phi) is 12.1. The van der Waals surface area contributed by atoms with Gasteiger partial charge in [0.25, 0.3) is 11.8 Å². The number of aliphatic hydroxyl groups is 6. The van der Waals surface area contributed by atoms with Crippen LogP contribution in [0.2, 0.25) is 0 Å². The number of carbonyl (C=O) groups is 2. The molecule has 0 aliphatic carbocycles. The highest BCUT2D eigenvalue weighted by molar-refractivity contribution is 6.10. The van der Waals surface area contributed by atoms with Gasteiger partial charge in [0.2, 0.25) is 0 Å². The number of hydrogen-bond donors (Lipinski definition) is 10. The number of aliphatic hydroxyl groups excluding tert-OH is 6. The molecular weight excluding hydrogens is 708 g/mol. The maximum Gasteiger partial charge on any atom is 0.251 e. The maximum absolute atomic E-state index is 11.9. The third-order valence-electron chi connectivity index (χ3n) is 8.91. The Labute approximate surface area is 307 Å². The van der Waals surface area contributed by atoms with Crippen molar-refractivity contribution in [2.75, 3.05) is 24.7 Å². The number of hydrogen-bond acceptors (Lipinski definition) is 16. The molecule has 0 radical (unpaired) electrons. The molecular formula is C34H44N10O10. The molecule has 0 bridgehead atoms. The number of aryl methyl sites for hydroxylation is 1. The topological polar surface area (TPSA) is 339 Å². The number of rotatable bonds is 8. The number of primary amides is 2. The van der Waals surface area contributed by atoms with Crippen molar-refractivity contribution in [1.29, 1.82) is 0 Å². The molecule has 20 heteroatoms. The van der Waals surface area contributed by atoms with Crippen molar-refractivity contribution in [3.63, 3.8) is 0 Å². The van der Waals surface area contributed by atoms with E-state index in [-0.39, 0.29) is 44.8 Å². The highest BCUT2D eigenvalue weighted by atomic mass is 16.6. The van der Waals surface area contributed by atoms with Crippen molar-refractivity contribution in [3.05, 3.63) is 59.7 Å². The van der Waals surface area contributed by atoms with Gasteiger partial charge >= 0.3 is 0 Å². The standard InChI is InChI=1S/C18H19N5O5.C14H19N5O5.C2H6/c19-14-11-9(15(20)27)6-23(18-13(26)12(25)10(7-24)28-18)17(11)22-16(21-14)8-4-2-1-3-5-8;1-2-7-17-11(15)8-5(12(16)23)3-19(13(8)18-7)14-10(22)9(21)6(4-20)24-14;1-2/h1-6,10,12-13,18,24-26H,7H2,(H2,20,27)(H2,19,21,22);3,6,9-10,14,20-22H,2,4H2,1H3,(H2,16,23)(H2,15,17,18);1-2H3/t10-,12-,13-,18-;6-,9-,10-,14-;/m11./s1. The first kappa shape index (κ1) is 39.9. The van der Waals surface area contributed by atoms with E-state index in [1.807, 2.05) is 39.0 Å². The van der Waals surface area contributed by atoms with Gasteiger partial charge in [-0.3, -0.25) is 9.59 Å². The molecule has 2 aliphatic rings. The molecule has 290 valence electrons. The zero-order valence-electron chi connectivity index (χ0n) is 29.6. The number of fused-ring (bicyclic) bond motifs is 2. The number of nitrogens with two attached hydrogens (primary N) is 4. The minimum Gasteiger partial charge on any atom is -0.394 e. The minimum absolute atomic E-state index is 0.0446. The molecule has 8 atom stereocenters. The first-order chi connectivity index (χ1) is 25.8. The highest BCUT2D eigenvalue weighted by Crippen LogP contribution is 2.37. The Hall–Kier alpha value is -5.32. The summed E-state index contributed by atoms with van der Waals surface area (Å²) >= 11 is 0. The van der Waals surface area contributed by atoms with E-state index in [2.05, 4.69) is 19.9 Å². The summed E-state index contributed by atoms with van der Waals surface area (Å²) in [5.41, 5.74) is 24.2. The Morgan fingerprint density at radius 1 is 0.704 bits per heavy atom. The molecule has 6 heterocycles. The molecule has 2 saturated heterocycles. The van der Waals surface area contributed by atoms with Crippen LogP contribution in [-0.4, -0.2) is 121 Å². The first-order valence-electron chi connectivity index (χ1n) is 17.1. The number of aromatic nitrogens is 6. The number of anilines is 2. The minimum atomic E-state index is -1.36. The molecule has 1 aromatic carbocycles. The van der Waals surface area contributed by atoms with Crippen LogP contribution in [0.25, 0.3) is 33.5 Å². The average Bonchev–Trinajstić information content (AvgIpc) is 3.91. The van der Waals surface area contributed by atoms with Crippen molar-refractivity contribution >= 4 is 45.5 Å². The van der Waals surface area contributed by atoms with Gasteiger partial charge in [0.1, 0.15) is 65.4 Å². The predicted molar refractivity (Wildman–Crippen MR) is 193 cm³/mol.